The molecule has 1 aromatic heterocycles. The summed E-state index contributed by atoms with van der Waals surface area (Å²) in [6, 6.07) is 14.7. The van der Waals surface area contributed by atoms with Gasteiger partial charge in [0.15, 0.2) is 0 Å². The maximum absolute atomic E-state index is 12.3. The Morgan fingerprint density at radius 3 is 2.73 bits per heavy atom. The van der Waals surface area contributed by atoms with Crippen LogP contribution < -0.4 is 5.32 Å². The van der Waals surface area contributed by atoms with Crippen LogP contribution in [0.4, 0.5) is 5.69 Å². The van der Waals surface area contributed by atoms with Crippen LogP contribution in [0.3, 0.4) is 0 Å². The Kier molecular flexibility index (Phi) is 5.08. The molecule has 2 aromatic carbocycles. The molecule has 0 unspecified atom stereocenters. The number of carbonyl (C=O) groups excluding carboxylic acids is 2. The van der Waals surface area contributed by atoms with Gasteiger partial charge in [-0.15, -0.1) is 0 Å². The van der Waals surface area contributed by atoms with Crippen LogP contribution >= 0.6 is 0 Å². The van der Waals surface area contributed by atoms with E-state index in [9.17, 15) is 9.59 Å². The van der Waals surface area contributed by atoms with Gasteiger partial charge in [0.1, 0.15) is 0 Å². The summed E-state index contributed by atoms with van der Waals surface area (Å²) in [5.74, 6) is -0.735. The lowest BCUT2D eigenvalue weighted by Gasteiger charge is -2.08. The van der Waals surface area contributed by atoms with Gasteiger partial charge in [-0.05, 0) is 36.8 Å². The first-order valence-electron chi connectivity index (χ1n) is 8.10. The molecule has 0 bridgehead atoms. The van der Waals surface area contributed by atoms with Crippen molar-refractivity contribution in [3.8, 4) is 0 Å². The number of fused-ring (bicyclic) bond motifs is 1. The molecule has 1 amide bonds. The largest absolute Gasteiger partial charge is 0.465 e. The van der Waals surface area contributed by atoms with E-state index in [1.807, 2.05) is 37.3 Å². The van der Waals surface area contributed by atoms with Crippen molar-refractivity contribution in [1.82, 2.24) is 4.98 Å². The summed E-state index contributed by atoms with van der Waals surface area (Å²) in [6.07, 6.45) is 4.90. The number of amides is 1. The van der Waals surface area contributed by atoms with E-state index < -0.39 is 5.97 Å². The summed E-state index contributed by atoms with van der Waals surface area (Å²) in [4.78, 5) is 28.3. The van der Waals surface area contributed by atoms with Crippen LogP contribution in [0, 0.1) is 6.92 Å². The Morgan fingerprint density at radius 1 is 1.12 bits per heavy atom. The number of hydrogen-bond donors (Lipinski definition) is 1. The predicted molar refractivity (Wildman–Crippen MR) is 102 cm³/mol. The summed E-state index contributed by atoms with van der Waals surface area (Å²) in [5.41, 5.74) is 3.50. The first-order chi connectivity index (χ1) is 12.6. The SMILES string of the molecule is COC(=O)c1ccc(C)c(NC(=O)/C=C/c2cccc3cccnc23)c1. The Hall–Kier alpha value is -3.47. The quantitative estimate of drug-likeness (QED) is 0.573. The Morgan fingerprint density at radius 2 is 1.92 bits per heavy atom. The number of ether oxygens (including phenoxy) is 1. The molecule has 0 radical (unpaired) electrons. The van der Waals surface area contributed by atoms with E-state index in [-0.39, 0.29) is 5.91 Å². The van der Waals surface area contributed by atoms with E-state index >= 15 is 0 Å². The molecule has 5 heteroatoms. The van der Waals surface area contributed by atoms with Gasteiger partial charge in [-0.25, -0.2) is 4.79 Å². The van der Waals surface area contributed by atoms with Gasteiger partial charge in [0, 0.05) is 28.9 Å². The molecule has 1 heterocycles. The third-order valence-corrected chi connectivity index (χ3v) is 3.99. The van der Waals surface area contributed by atoms with Crippen molar-refractivity contribution < 1.29 is 14.3 Å². The lowest BCUT2D eigenvalue weighted by Crippen LogP contribution is -2.10. The number of nitrogens with one attached hydrogen (secondary N) is 1. The van der Waals surface area contributed by atoms with Crippen LogP contribution in [0.25, 0.3) is 17.0 Å². The Labute approximate surface area is 151 Å². The summed E-state index contributed by atoms with van der Waals surface area (Å²) in [7, 11) is 1.32. The van der Waals surface area contributed by atoms with Gasteiger partial charge in [0.25, 0.3) is 0 Å². The summed E-state index contributed by atoms with van der Waals surface area (Å²) < 4.78 is 4.71. The highest BCUT2D eigenvalue weighted by atomic mass is 16.5. The number of esters is 1. The normalized spacial score (nSPS) is 10.8. The van der Waals surface area contributed by atoms with Crippen LogP contribution in [0.2, 0.25) is 0 Å². The van der Waals surface area contributed by atoms with Crippen molar-refractivity contribution in [2.75, 3.05) is 12.4 Å². The summed E-state index contributed by atoms with van der Waals surface area (Å²) >= 11 is 0. The van der Waals surface area contributed by atoms with Crippen molar-refractivity contribution in [1.29, 1.82) is 0 Å². The number of benzene rings is 2. The molecule has 26 heavy (non-hydrogen) atoms. The number of aryl methyl sites for hydroxylation is 1. The van der Waals surface area contributed by atoms with Crippen LogP contribution in [-0.2, 0) is 9.53 Å². The molecule has 5 nitrogen and oxygen atoms in total. The third-order valence-electron chi connectivity index (χ3n) is 3.99. The number of rotatable bonds is 4. The molecule has 0 fully saturated rings. The van der Waals surface area contributed by atoms with Crippen molar-refractivity contribution in [3.63, 3.8) is 0 Å². The van der Waals surface area contributed by atoms with Crippen LogP contribution in [0.5, 0.6) is 0 Å². The maximum Gasteiger partial charge on any atom is 0.337 e. The molecule has 0 saturated heterocycles. The highest BCUT2D eigenvalue weighted by Gasteiger charge is 2.09. The van der Waals surface area contributed by atoms with Crippen LogP contribution in [0.1, 0.15) is 21.5 Å². The van der Waals surface area contributed by atoms with Gasteiger partial charge in [-0.1, -0.05) is 30.3 Å². The van der Waals surface area contributed by atoms with Gasteiger partial charge in [-0.3, -0.25) is 9.78 Å². The van der Waals surface area contributed by atoms with Gasteiger partial charge >= 0.3 is 5.97 Å². The number of hydrogen-bond acceptors (Lipinski definition) is 4. The average molecular weight is 346 g/mol. The Balaban J connectivity index is 1.80. The number of carbonyl (C=O) groups is 2. The molecule has 0 spiro atoms. The first-order valence-corrected chi connectivity index (χ1v) is 8.10. The van der Waals surface area contributed by atoms with Gasteiger partial charge in [-0.2, -0.15) is 0 Å². The smallest absolute Gasteiger partial charge is 0.337 e. The monoisotopic (exact) mass is 346 g/mol. The molecule has 3 rings (SSSR count). The molecule has 0 atom stereocenters. The fraction of sp³-hybridized carbons (Fsp3) is 0.0952. The van der Waals surface area contributed by atoms with E-state index in [1.54, 1.807) is 30.5 Å². The molecular weight excluding hydrogens is 328 g/mol. The second-order valence-electron chi connectivity index (χ2n) is 5.77. The van der Waals surface area contributed by atoms with Crippen molar-refractivity contribution >= 4 is 34.5 Å². The van der Waals surface area contributed by atoms with Crippen molar-refractivity contribution in [2.24, 2.45) is 0 Å². The lowest BCUT2D eigenvalue weighted by atomic mass is 10.1. The standard InChI is InChI=1S/C21H18N2O3/c1-14-8-9-17(21(25)26-2)13-18(14)23-19(24)11-10-16-6-3-5-15-7-4-12-22-20(15)16/h3-13H,1-2H3,(H,23,24)/b11-10+. The fourth-order valence-corrected chi connectivity index (χ4v) is 2.60. The minimum atomic E-state index is -0.446. The van der Waals surface area contributed by atoms with Gasteiger partial charge in [0.05, 0.1) is 18.2 Å². The summed E-state index contributed by atoms with van der Waals surface area (Å²) in [5, 5.41) is 3.80. The number of nitrogens with zero attached hydrogens (tertiary/aromatic N) is 1. The van der Waals surface area contributed by atoms with E-state index in [2.05, 4.69) is 10.3 Å². The molecule has 0 aliphatic carbocycles. The topological polar surface area (TPSA) is 68.3 Å². The second kappa shape index (κ2) is 7.61. The van der Waals surface area contributed by atoms with E-state index in [0.717, 1.165) is 22.0 Å². The fourth-order valence-electron chi connectivity index (χ4n) is 2.60. The zero-order chi connectivity index (χ0) is 18.5. The molecular formula is C21H18N2O3. The zero-order valence-corrected chi connectivity index (χ0v) is 14.5. The van der Waals surface area contributed by atoms with E-state index in [1.165, 1.54) is 13.2 Å². The molecule has 0 aliphatic heterocycles. The van der Waals surface area contributed by atoms with Crippen LogP contribution in [0.15, 0.2) is 60.8 Å². The third kappa shape index (κ3) is 3.78. The molecule has 0 aliphatic rings. The Bertz CT molecular complexity index is 1000. The zero-order valence-electron chi connectivity index (χ0n) is 14.5. The second-order valence-corrected chi connectivity index (χ2v) is 5.77. The number of anilines is 1. The molecule has 1 N–H and O–H groups in total. The number of para-hydroxylation sites is 1. The van der Waals surface area contributed by atoms with Gasteiger partial charge < -0.3 is 10.1 Å². The predicted octanol–water partition coefficient (Wildman–Crippen LogP) is 3.98. The summed E-state index contributed by atoms with van der Waals surface area (Å²) in [6.45, 7) is 1.86. The van der Waals surface area contributed by atoms with Crippen molar-refractivity contribution in [2.45, 2.75) is 6.92 Å². The lowest BCUT2D eigenvalue weighted by molar-refractivity contribution is -0.111. The molecule has 130 valence electrons. The maximum atomic E-state index is 12.3. The molecule has 3 aromatic rings. The van der Waals surface area contributed by atoms with Crippen molar-refractivity contribution in [3.05, 3.63) is 77.5 Å². The van der Waals surface area contributed by atoms with E-state index in [4.69, 9.17) is 4.74 Å². The number of pyridine rings is 1. The van der Waals surface area contributed by atoms with E-state index in [0.29, 0.717) is 11.3 Å². The minimum absolute atomic E-state index is 0.289. The number of aromatic nitrogens is 1. The minimum Gasteiger partial charge on any atom is -0.465 e. The van der Waals surface area contributed by atoms with Crippen LogP contribution in [-0.4, -0.2) is 24.0 Å². The highest BCUT2D eigenvalue weighted by Crippen LogP contribution is 2.19. The first kappa shape index (κ1) is 17.4. The number of methoxy groups -OCH3 is 1. The average Bonchev–Trinajstić information content (AvgIpc) is 2.67. The molecule has 0 saturated carbocycles. The highest BCUT2D eigenvalue weighted by molar-refractivity contribution is 6.04. The van der Waals surface area contributed by atoms with Gasteiger partial charge in [0.2, 0.25) is 5.91 Å².